The molecule has 3 nitrogen and oxygen atoms in total. The van der Waals surface area contributed by atoms with Gasteiger partial charge in [0.1, 0.15) is 0 Å². The molecule has 0 aliphatic heterocycles. The molecule has 112 valence electrons. The summed E-state index contributed by atoms with van der Waals surface area (Å²) < 4.78 is 5.51. The Labute approximate surface area is 126 Å². The monoisotopic (exact) mass is 333 g/mol. The van der Waals surface area contributed by atoms with Gasteiger partial charge in [-0.25, -0.2) is 0 Å². The molecule has 0 bridgehead atoms. The molecule has 0 heterocycles. The van der Waals surface area contributed by atoms with E-state index in [-0.39, 0.29) is 11.3 Å². The molecule has 1 saturated carbocycles. The summed E-state index contributed by atoms with van der Waals surface area (Å²) in [6.45, 7) is 8.01. The summed E-state index contributed by atoms with van der Waals surface area (Å²) in [7, 11) is 0. The molecule has 1 N–H and O–H groups in total. The first-order valence-corrected chi connectivity index (χ1v) is 8.53. The number of nitrogens with one attached hydrogen (secondary N) is 1. The Balaban J connectivity index is 2.12. The van der Waals surface area contributed by atoms with E-state index in [0.29, 0.717) is 18.4 Å². The molecule has 0 unspecified atom stereocenters. The summed E-state index contributed by atoms with van der Waals surface area (Å²) in [6, 6.07) is 0. The van der Waals surface area contributed by atoms with Gasteiger partial charge in [-0.15, -0.1) is 0 Å². The normalized spacial score (nSPS) is 22.9. The molecule has 4 heteroatoms. The van der Waals surface area contributed by atoms with Gasteiger partial charge >= 0.3 is 0 Å². The quantitative estimate of drug-likeness (QED) is 0.655. The van der Waals surface area contributed by atoms with E-state index in [4.69, 9.17) is 4.74 Å². The second kappa shape index (κ2) is 8.25. The molecule has 1 rings (SSSR count). The van der Waals surface area contributed by atoms with Gasteiger partial charge in [0, 0.05) is 24.9 Å². The number of amides is 1. The Morgan fingerprint density at radius 1 is 1.42 bits per heavy atom. The van der Waals surface area contributed by atoms with E-state index in [1.54, 1.807) is 0 Å². The maximum Gasteiger partial charge on any atom is 0.220 e. The van der Waals surface area contributed by atoms with Crippen LogP contribution in [0.15, 0.2) is 0 Å². The number of ether oxygens (including phenoxy) is 1. The number of rotatable bonds is 9. The Bertz CT molecular complexity index is 275. The van der Waals surface area contributed by atoms with Gasteiger partial charge in [-0.2, -0.15) is 0 Å². The minimum absolute atomic E-state index is 0.191. The van der Waals surface area contributed by atoms with Crippen LogP contribution in [0.1, 0.15) is 52.9 Å². The zero-order valence-electron chi connectivity index (χ0n) is 12.5. The minimum Gasteiger partial charge on any atom is -0.378 e. The van der Waals surface area contributed by atoms with E-state index in [0.717, 1.165) is 44.2 Å². The Morgan fingerprint density at radius 2 is 2.11 bits per heavy atom. The lowest BCUT2D eigenvalue weighted by molar-refractivity contribution is -0.124. The molecule has 1 fully saturated rings. The predicted octanol–water partition coefficient (Wildman–Crippen LogP) is 3.51. The van der Waals surface area contributed by atoms with Crippen molar-refractivity contribution in [3.63, 3.8) is 0 Å². The highest BCUT2D eigenvalue weighted by Gasteiger charge is 2.31. The van der Waals surface area contributed by atoms with E-state index in [9.17, 15) is 4.79 Å². The van der Waals surface area contributed by atoms with Crippen molar-refractivity contribution in [3.05, 3.63) is 0 Å². The summed E-state index contributed by atoms with van der Waals surface area (Å²) in [5.74, 6) is 0.731. The highest BCUT2D eigenvalue weighted by Crippen LogP contribution is 2.32. The highest BCUT2D eigenvalue weighted by atomic mass is 79.9. The van der Waals surface area contributed by atoms with Crippen molar-refractivity contribution >= 4 is 21.8 Å². The Morgan fingerprint density at radius 3 is 2.68 bits per heavy atom. The fourth-order valence-corrected chi connectivity index (χ4v) is 2.80. The third-order valence-electron chi connectivity index (χ3n) is 3.82. The zero-order chi connectivity index (χ0) is 14.3. The van der Waals surface area contributed by atoms with Crippen LogP contribution in [-0.4, -0.2) is 30.5 Å². The molecule has 0 spiro atoms. The van der Waals surface area contributed by atoms with Gasteiger partial charge < -0.3 is 10.1 Å². The molecule has 0 aromatic rings. The topological polar surface area (TPSA) is 38.3 Å². The van der Waals surface area contributed by atoms with Gasteiger partial charge in [-0.3, -0.25) is 4.79 Å². The molecule has 19 heavy (non-hydrogen) atoms. The first-order valence-electron chi connectivity index (χ1n) is 7.41. The van der Waals surface area contributed by atoms with Crippen molar-refractivity contribution in [2.24, 2.45) is 11.3 Å². The summed E-state index contributed by atoms with van der Waals surface area (Å²) >= 11 is 3.45. The first-order chi connectivity index (χ1) is 8.96. The summed E-state index contributed by atoms with van der Waals surface area (Å²) in [5, 5.41) is 4.12. The number of hydrogen-bond acceptors (Lipinski definition) is 2. The molecule has 0 saturated heterocycles. The van der Waals surface area contributed by atoms with Crippen LogP contribution in [-0.2, 0) is 9.53 Å². The second-order valence-corrected chi connectivity index (χ2v) is 7.15. The lowest BCUT2D eigenvalue weighted by atomic mass is 9.79. The largest absolute Gasteiger partial charge is 0.378 e. The number of halogens is 1. The Kier molecular flexibility index (Phi) is 7.37. The van der Waals surface area contributed by atoms with Crippen LogP contribution in [0.25, 0.3) is 0 Å². The highest BCUT2D eigenvalue weighted by molar-refractivity contribution is 9.09. The average molecular weight is 334 g/mol. The minimum atomic E-state index is 0.191. The lowest BCUT2D eigenvalue weighted by Crippen LogP contribution is -2.38. The van der Waals surface area contributed by atoms with Gasteiger partial charge in [0.25, 0.3) is 0 Å². The summed E-state index contributed by atoms with van der Waals surface area (Å²) in [6.07, 6.45) is 5.45. The summed E-state index contributed by atoms with van der Waals surface area (Å²) in [5.41, 5.74) is 0.191. The number of hydrogen-bond donors (Lipinski definition) is 1. The van der Waals surface area contributed by atoms with Crippen molar-refractivity contribution < 1.29 is 9.53 Å². The first kappa shape index (κ1) is 17.0. The van der Waals surface area contributed by atoms with E-state index >= 15 is 0 Å². The molecule has 0 radical (unpaired) electrons. The standard InChI is InChI=1S/C15H28BrNO2/c1-4-19-13-8-12(9-13)10-14(18)17-11-15(2,3)6-5-7-16/h12-13H,4-11H2,1-3H3,(H,17,18). The van der Waals surface area contributed by atoms with Gasteiger partial charge in [0.05, 0.1) is 6.10 Å². The SMILES string of the molecule is CCOC1CC(CC(=O)NCC(C)(C)CCCBr)C1. The average Bonchev–Trinajstić information content (AvgIpc) is 2.32. The number of carbonyl (C=O) groups is 1. The molecule has 1 aliphatic rings. The number of alkyl halides is 1. The maximum atomic E-state index is 11.9. The lowest BCUT2D eigenvalue weighted by Gasteiger charge is -2.34. The molecule has 0 atom stereocenters. The smallest absolute Gasteiger partial charge is 0.220 e. The van der Waals surface area contributed by atoms with Crippen LogP contribution in [0.3, 0.4) is 0 Å². The van der Waals surface area contributed by atoms with Crippen LogP contribution >= 0.6 is 15.9 Å². The molecule has 0 aromatic heterocycles. The molecular formula is C15H28BrNO2. The van der Waals surface area contributed by atoms with E-state index < -0.39 is 0 Å². The van der Waals surface area contributed by atoms with Crippen molar-refractivity contribution in [2.75, 3.05) is 18.5 Å². The second-order valence-electron chi connectivity index (χ2n) is 6.35. The molecular weight excluding hydrogens is 306 g/mol. The van der Waals surface area contributed by atoms with Gasteiger partial charge in [-0.1, -0.05) is 29.8 Å². The third kappa shape index (κ3) is 6.75. The van der Waals surface area contributed by atoms with E-state index in [1.807, 2.05) is 6.92 Å². The molecule has 0 aromatic carbocycles. The summed E-state index contributed by atoms with van der Waals surface area (Å²) in [4.78, 5) is 11.9. The third-order valence-corrected chi connectivity index (χ3v) is 4.38. The van der Waals surface area contributed by atoms with Gasteiger partial charge in [0.2, 0.25) is 5.91 Å². The van der Waals surface area contributed by atoms with Crippen LogP contribution in [0.5, 0.6) is 0 Å². The maximum absolute atomic E-state index is 11.9. The van der Waals surface area contributed by atoms with Crippen LogP contribution in [0.2, 0.25) is 0 Å². The molecule has 1 aliphatic carbocycles. The van der Waals surface area contributed by atoms with Crippen LogP contribution < -0.4 is 5.32 Å². The van der Waals surface area contributed by atoms with E-state index in [1.165, 1.54) is 0 Å². The van der Waals surface area contributed by atoms with Crippen LogP contribution in [0.4, 0.5) is 0 Å². The van der Waals surface area contributed by atoms with Crippen molar-refractivity contribution in [3.8, 4) is 0 Å². The molecule has 1 amide bonds. The predicted molar refractivity (Wildman–Crippen MR) is 82.6 cm³/mol. The number of carbonyl (C=O) groups excluding carboxylic acids is 1. The van der Waals surface area contributed by atoms with Crippen molar-refractivity contribution in [2.45, 2.75) is 59.0 Å². The van der Waals surface area contributed by atoms with Crippen molar-refractivity contribution in [1.29, 1.82) is 0 Å². The van der Waals surface area contributed by atoms with Crippen molar-refractivity contribution in [1.82, 2.24) is 5.32 Å². The van der Waals surface area contributed by atoms with E-state index in [2.05, 4.69) is 35.1 Å². The fourth-order valence-electron chi connectivity index (χ4n) is 2.52. The Hall–Kier alpha value is -0.0900. The fraction of sp³-hybridized carbons (Fsp3) is 0.933. The van der Waals surface area contributed by atoms with Gasteiger partial charge in [0.15, 0.2) is 0 Å². The van der Waals surface area contributed by atoms with Gasteiger partial charge in [-0.05, 0) is 43.9 Å². The van der Waals surface area contributed by atoms with Crippen LogP contribution in [0, 0.1) is 11.3 Å². The zero-order valence-corrected chi connectivity index (χ0v) is 14.1.